The van der Waals surface area contributed by atoms with E-state index in [0.29, 0.717) is 0 Å². The van der Waals surface area contributed by atoms with Gasteiger partial charge in [0.2, 0.25) is 0 Å². The van der Waals surface area contributed by atoms with Crippen LogP contribution in [0.25, 0.3) is 0 Å². The van der Waals surface area contributed by atoms with Crippen molar-refractivity contribution in [1.29, 1.82) is 0 Å². The molecule has 18 heavy (non-hydrogen) atoms. The molecule has 1 saturated heterocycles. The maximum absolute atomic E-state index is 9.62. The van der Waals surface area contributed by atoms with Crippen LogP contribution < -0.4 is 4.90 Å². The van der Waals surface area contributed by atoms with Crippen molar-refractivity contribution in [2.45, 2.75) is 26.0 Å². The predicted octanol–water partition coefficient (Wildman–Crippen LogP) is 2.23. The first kappa shape index (κ1) is 13.7. The fourth-order valence-corrected chi connectivity index (χ4v) is 2.55. The fourth-order valence-electron chi connectivity index (χ4n) is 2.37. The molecule has 2 unspecified atom stereocenters. The molecule has 1 N–H and O–H groups in total. The highest BCUT2D eigenvalue weighted by atomic mass is 35.5. The van der Waals surface area contributed by atoms with Crippen LogP contribution in [0.15, 0.2) is 24.3 Å². The van der Waals surface area contributed by atoms with Crippen LogP contribution in [0.2, 0.25) is 5.02 Å². The summed E-state index contributed by atoms with van der Waals surface area (Å²) in [5.74, 6) is 0. The van der Waals surface area contributed by atoms with E-state index >= 15 is 0 Å². The third-order valence-corrected chi connectivity index (χ3v) is 4.00. The summed E-state index contributed by atoms with van der Waals surface area (Å²) in [4.78, 5) is 4.68. The molecule has 0 amide bonds. The maximum Gasteiger partial charge on any atom is 0.0664 e. The quantitative estimate of drug-likeness (QED) is 0.911. The first-order chi connectivity index (χ1) is 8.58. The zero-order chi connectivity index (χ0) is 13.1. The highest BCUT2D eigenvalue weighted by Crippen LogP contribution is 2.21. The summed E-state index contributed by atoms with van der Waals surface area (Å²) in [6.45, 7) is 7.87. The van der Waals surface area contributed by atoms with E-state index in [-0.39, 0.29) is 12.1 Å². The van der Waals surface area contributed by atoms with E-state index < -0.39 is 0 Å². The Kier molecular flexibility index (Phi) is 4.49. The zero-order valence-corrected chi connectivity index (χ0v) is 11.8. The van der Waals surface area contributed by atoms with E-state index in [2.05, 4.69) is 22.8 Å². The number of hydrogen-bond donors (Lipinski definition) is 1. The largest absolute Gasteiger partial charge is 0.392 e. The van der Waals surface area contributed by atoms with Gasteiger partial charge in [0, 0.05) is 42.9 Å². The molecule has 0 aliphatic carbocycles. The minimum atomic E-state index is -0.275. The number of nitrogens with zero attached hydrogens (tertiary/aromatic N) is 2. The number of anilines is 1. The lowest BCUT2D eigenvalue weighted by Gasteiger charge is -2.40. The van der Waals surface area contributed by atoms with Gasteiger partial charge in [-0.3, -0.25) is 4.90 Å². The Morgan fingerprint density at radius 3 is 2.39 bits per heavy atom. The molecule has 1 aromatic carbocycles. The summed E-state index contributed by atoms with van der Waals surface area (Å²) in [6, 6.07) is 8.22. The van der Waals surface area contributed by atoms with Gasteiger partial charge in [0.25, 0.3) is 0 Å². The van der Waals surface area contributed by atoms with Gasteiger partial charge in [-0.25, -0.2) is 0 Å². The molecule has 1 heterocycles. The Bertz CT molecular complexity index is 389. The monoisotopic (exact) mass is 268 g/mol. The van der Waals surface area contributed by atoms with Crippen LogP contribution in [0, 0.1) is 0 Å². The third kappa shape index (κ3) is 3.16. The van der Waals surface area contributed by atoms with Gasteiger partial charge in [-0.15, -0.1) is 0 Å². The van der Waals surface area contributed by atoms with Gasteiger partial charge in [0.15, 0.2) is 0 Å². The molecule has 2 atom stereocenters. The molecule has 4 heteroatoms. The highest BCUT2D eigenvalue weighted by Gasteiger charge is 2.23. The topological polar surface area (TPSA) is 26.7 Å². The summed E-state index contributed by atoms with van der Waals surface area (Å²) in [5, 5.41) is 10.4. The number of aliphatic hydroxyl groups is 1. The second kappa shape index (κ2) is 5.91. The van der Waals surface area contributed by atoms with Crippen molar-refractivity contribution >= 4 is 17.3 Å². The van der Waals surface area contributed by atoms with E-state index in [4.69, 9.17) is 11.6 Å². The zero-order valence-electron chi connectivity index (χ0n) is 11.0. The van der Waals surface area contributed by atoms with Gasteiger partial charge in [0.1, 0.15) is 0 Å². The van der Waals surface area contributed by atoms with Crippen LogP contribution in [-0.4, -0.2) is 48.3 Å². The average Bonchev–Trinajstić information content (AvgIpc) is 2.38. The van der Waals surface area contributed by atoms with E-state index in [0.717, 1.165) is 31.2 Å². The third-order valence-electron chi connectivity index (χ3n) is 3.76. The average molecular weight is 269 g/mol. The Hall–Kier alpha value is -0.770. The van der Waals surface area contributed by atoms with Gasteiger partial charge in [-0.2, -0.15) is 0 Å². The molecule has 0 aromatic heterocycles. The number of halogens is 1. The smallest absolute Gasteiger partial charge is 0.0664 e. The SMILES string of the molecule is CC(O)C(C)N1CCN(c2cccc(Cl)c2)CC1. The molecule has 1 fully saturated rings. The summed E-state index contributed by atoms with van der Waals surface area (Å²) in [7, 11) is 0. The molecular weight excluding hydrogens is 248 g/mol. The predicted molar refractivity (Wildman–Crippen MR) is 76.4 cm³/mol. The molecule has 0 bridgehead atoms. The molecule has 0 radical (unpaired) electrons. The Labute approximate surface area is 114 Å². The minimum Gasteiger partial charge on any atom is -0.392 e. The van der Waals surface area contributed by atoms with Crippen LogP contribution in [-0.2, 0) is 0 Å². The van der Waals surface area contributed by atoms with Crippen molar-refractivity contribution in [1.82, 2.24) is 4.90 Å². The lowest BCUT2D eigenvalue weighted by Crippen LogP contribution is -2.52. The fraction of sp³-hybridized carbons (Fsp3) is 0.571. The van der Waals surface area contributed by atoms with Crippen LogP contribution in [0.3, 0.4) is 0 Å². The molecule has 2 rings (SSSR count). The Morgan fingerprint density at radius 1 is 1.17 bits per heavy atom. The van der Waals surface area contributed by atoms with Crippen LogP contribution in [0.5, 0.6) is 0 Å². The summed E-state index contributed by atoms with van der Waals surface area (Å²) in [6.07, 6.45) is -0.275. The number of rotatable bonds is 3. The van der Waals surface area contributed by atoms with Gasteiger partial charge >= 0.3 is 0 Å². The van der Waals surface area contributed by atoms with Gasteiger partial charge in [-0.1, -0.05) is 17.7 Å². The number of piperazine rings is 1. The number of hydrogen-bond acceptors (Lipinski definition) is 3. The summed E-state index contributed by atoms with van der Waals surface area (Å²) < 4.78 is 0. The molecule has 3 nitrogen and oxygen atoms in total. The Balaban J connectivity index is 1.94. The summed E-state index contributed by atoms with van der Waals surface area (Å²) in [5.41, 5.74) is 1.19. The second-order valence-corrected chi connectivity index (χ2v) is 5.42. The number of aliphatic hydroxyl groups excluding tert-OH is 1. The molecule has 1 aliphatic rings. The second-order valence-electron chi connectivity index (χ2n) is 4.98. The van der Waals surface area contributed by atoms with E-state index in [1.165, 1.54) is 5.69 Å². The van der Waals surface area contributed by atoms with E-state index in [1.54, 1.807) is 0 Å². The van der Waals surface area contributed by atoms with Crippen molar-refractivity contribution in [3.05, 3.63) is 29.3 Å². The van der Waals surface area contributed by atoms with Crippen molar-refractivity contribution in [3.8, 4) is 0 Å². The lowest BCUT2D eigenvalue weighted by molar-refractivity contribution is 0.0672. The molecule has 1 aromatic rings. The first-order valence-electron chi connectivity index (χ1n) is 6.50. The van der Waals surface area contributed by atoms with Crippen LogP contribution in [0.4, 0.5) is 5.69 Å². The van der Waals surface area contributed by atoms with E-state index in [1.807, 2.05) is 25.1 Å². The molecule has 0 saturated carbocycles. The van der Waals surface area contributed by atoms with Gasteiger partial charge < -0.3 is 10.0 Å². The van der Waals surface area contributed by atoms with Crippen molar-refractivity contribution in [3.63, 3.8) is 0 Å². The van der Waals surface area contributed by atoms with Gasteiger partial charge in [0.05, 0.1) is 6.10 Å². The van der Waals surface area contributed by atoms with E-state index in [9.17, 15) is 5.11 Å². The highest BCUT2D eigenvalue weighted by molar-refractivity contribution is 6.30. The molecular formula is C14H21ClN2O. The van der Waals surface area contributed by atoms with Crippen molar-refractivity contribution in [2.75, 3.05) is 31.1 Å². The summed E-state index contributed by atoms with van der Waals surface area (Å²) >= 11 is 6.01. The minimum absolute atomic E-state index is 0.228. The molecule has 100 valence electrons. The van der Waals surface area contributed by atoms with Crippen molar-refractivity contribution < 1.29 is 5.11 Å². The maximum atomic E-state index is 9.62. The molecule has 1 aliphatic heterocycles. The van der Waals surface area contributed by atoms with Crippen molar-refractivity contribution in [2.24, 2.45) is 0 Å². The molecule has 0 spiro atoms. The normalized spacial score (nSPS) is 20.8. The lowest BCUT2D eigenvalue weighted by atomic mass is 10.1. The first-order valence-corrected chi connectivity index (χ1v) is 6.88. The van der Waals surface area contributed by atoms with Crippen LogP contribution >= 0.6 is 11.6 Å². The van der Waals surface area contributed by atoms with Crippen LogP contribution in [0.1, 0.15) is 13.8 Å². The standard InChI is InChI=1S/C14H21ClN2O/c1-11(12(2)18)16-6-8-17(9-7-16)14-5-3-4-13(15)10-14/h3-5,10-12,18H,6-9H2,1-2H3. The Morgan fingerprint density at radius 2 is 1.83 bits per heavy atom. The number of benzene rings is 1. The van der Waals surface area contributed by atoms with Gasteiger partial charge in [-0.05, 0) is 32.0 Å².